The summed E-state index contributed by atoms with van der Waals surface area (Å²) in [5.41, 5.74) is 1.74. The van der Waals surface area contributed by atoms with Gasteiger partial charge in [-0.1, -0.05) is 49.3 Å². The summed E-state index contributed by atoms with van der Waals surface area (Å²) in [7, 11) is 0. The predicted molar refractivity (Wildman–Crippen MR) is 97.4 cm³/mol. The van der Waals surface area contributed by atoms with Gasteiger partial charge >= 0.3 is 0 Å². The summed E-state index contributed by atoms with van der Waals surface area (Å²) in [4.78, 5) is 17.1. The second-order valence-corrected chi connectivity index (χ2v) is 7.16. The van der Waals surface area contributed by atoms with Crippen LogP contribution >= 0.6 is 0 Å². The van der Waals surface area contributed by atoms with E-state index in [-0.39, 0.29) is 11.8 Å². The Kier molecular flexibility index (Phi) is 5.53. The summed E-state index contributed by atoms with van der Waals surface area (Å²) in [5, 5.41) is 3.97. The minimum Gasteiger partial charge on any atom is -0.360 e. The van der Waals surface area contributed by atoms with Crippen molar-refractivity contribution < 1.29 is 9.32 Å². The molecule has 1 aromatic carbocycles. The summed E-state index contributed by atoms with van der Waals surface area (Å²) in [6.45, 7) is 9.58. The average Bonchev–Trinajstić information content (AvgIpc) is 3.04. The molecule has 1 aromatic heterocycles. The third kappa shape index (κ3) is 4.28. The van der Waals surface area contributed by atoms with Crippen LogP contribution in [0, 0.1) is 0 Å². The highest BCUT2D eigenvalue weighted by molar-refractivity contribution is 5.92. The zero-order valence-corrected chi connectivity index (χ0v) is 15.3. The van der Waals surface area contributed by atoms with E-state index >= 15 is 0 Å². The van der Waals surface area contributed by atoms with Crippen molar-refractivity contribution in [1.82, 2.24) is 15.0 Å². The van der Waals surface area contributed by atoms with Gasteiger partial charge in [-0.15, -0.1) is 0 Å². The van der Waals surface area contributed by atoms with Crippen LogP contribution in [0.1, 0.15) is 54.9 Å². The fourth-order valence-electron chi connectivity index (χ4n) is 3.19. The lowest BCUT2D eigenvalue weighted by Crippen LogP contribution is -2.36. The van der Waals surface area contributed by atoms with Crippen LogP contribution < -0.4 is 0 Å². The number of carbonyl (C=O) groups excluding carboxylic acids is 1. The zero-order chi connectivity index (χ0) is 17.8. The molecule has 0 bridgehead atoms. The monoisotopic (exact) mass is 341 g/mol. The van der Waals surface area contributed by atoms with E-state index in [0.717, 1.165) is 38.4 Å². The van der Waals surface area contributed by atoms with Crippen molar-refractivity contribution in [3.63, 3.8) is 0 Å². The van der Waals surface area contributed by atoms with Crippen molar-refractivity contribution in [3.8, 4) is 0 Å². The molecule has 1 saturated heterocycles. The van der Waals surface area contributed by atoms with Crippen LogP contribution in [0.15, 0.2) is 40.9 Å². The molecule has 0 radical (unpaired) electrons. The third-order valence-electron chi connectivity index (χ3n) is 4.93. The maximum atomic E-state index is 12.7. The largest absolute Gasteiger partial charge is 0.360 e. The first-order chi connectivity index (χ1) is 12.0. The van der Waals surface area contributed by atoms with Crippen molar-refractivity contribution in [2.24, 2.45) is 0 Å². The van der Waals surface area contributed by atoms with Gasteiger partial charge in [-0.3, -0.25) is 9.69 Å². The molecule has 1 aliphatic rings. The number of carbonyl (C=O) groups is 1. The van der Waals surface area contributed by atoms with E-state index in [1.807, 2.05) is 24.8 Å². The summed E-state index contributed by atoms with van der Waals surface area (Å²) in [5.74, 6) is 0.973. The Morgan fingerprint density at radius 2 is 2.00 bits per heavy atom. The standard InChI is InChI=1S/C20H27N3O2/c1-15(2)19-13-18(21-25-19)20(24)22-10-9-16(3)23(12-11-22)14-17-7-5-4-6-8-17/h4-8,13,15-16H,9-12,14H2,1-3H3. The number of rotatable bonds is 4. The molecule has 2 heterocycles. The van der Waals surface area contributed by atoms with Gasteiger partial charge in [0.2, 0.25) is 0 Å². The van der Waals surface area contributed by atoms with Gasteiger partial charge in [0.25, 0.3) is 5.91 Å². The Hall–Kier alpha value is -2.14. The maximum absolute atomic E-state index is 12.7. The Balaban J connectivity index is 1.64. The molecule has 3 rings (SSSR count). The van der Waals surface area contributed by atoms with Gasteiger partial charge in [0.05, 0.1) is 0 Å². The highest BCUT2D eigenvalue weighted by atomic mass is 16.5. The average molecular weight is 341 g/mol. The van der Waals surface area contributed by atoms with Crippen LogP contribution in [0.25, 0.3) is 0 Å². The van der Waals surface area contributed by atoms with Gasteiger partial charge in [-0.25, -0.2) is 0 Å². The Bertz CT molecular complexity index is 696. The summed E-state index contributed by atoms with van der Waals surface area (Å²) in [6.07, 6.45) is 0.966. The Morgan fingerprint density at radius 1 is 1.24 bits per heavy atom. The lowest BCUT2D eigenvalue weighted by Gasteiger charge is -2.26. The maximum Gasteiger partial charge on any atom is 0.276 e. The molecule has 1 unspecified atom stereocenters. The van der Waals surface area contributed by atoms with Crippen molar-refractivity contribution >= 4 is 5.91 Å². The molecular weight excluding hydrogens is 314 g/mol. The van der Waals surface area contributed by atoms with Crippen LogP contribution in [0.3, 0.4) is 0 Å². The van der Waals surface area contributed by atoms with Crippen LogP contribution in [0.2, 0.25) is 0 Å². The number of hydrogen-bond acceptors (Lipinski definition) is 4. The normalized spacial score (nSPS) is 19.2. The van der Waals surface area contributed by atoms with Crippen molar-refractivity contribution in [2.75, 3.05) is 19.6 Å². The molecule has 1 aliphatic heterocycles. The third-order valence-corrected chi connectivity index (χ3v) is 4.93. The van der Waals surface area contributed by atoms with Crippen LogP contribution in [0.5, 0.6) is 0 Å². The van der Waals surface area contributed by atoms with E-state index in [2.05, 4.69) is 41.2 Å². The summed E-state index contributed by atoms with van der Waals surface area (Å²) >= 11 is 0. The minimum absolute atomic E-state index is 0.0237. The topological polar surface area (TPSA) is 49.6 Å². The molecule has 25 heavy (non-hydrogen) atoms. The molecule has 134 valence electrons. The lowest BCUT2D eigenvalue weighted by atomic mass is 10.1. The molecule has 0 saturated carbocycles. The predicted octanol–water partition coefficient (Wildman–Crippen LogP) is 3.53. The lowest BCUT2D eigenvalue weighted by molar-refractivity contribution is 0.0750. The first kappa shape index (κ1) is 17.7. The first-order valence-electron chi connectivity index (χ1n) is 9.08. The van der Waals surface area contributed by atoms with Crippen molar-refractivity contribution in [2.45, 2.75) is 45.7 Å². The van der Waals surface area contributed by atoms with Gasteiger partial charge in [-0.05, 0) is 18.9 Å². The highest BCUT2D eigenvalue weighted by Crippen LogP contribution is 2.19. The van der Waals surface area contributed by atoms with Gasteiger partial charge in [0.15, 0.2) is 5.69 Å². The van der Waals surface area contributed by atoms with Crippen LogP contribution in [-0.4, -0.2) is 46.5 Å². The van der Waals surface area contributed by atoms with Gasteiger partial charge in [0, 0.05) is 44.2 Å². The number of nitrogens with zero attached hydrogens (tertiary/aromatic N) is 3. The van der Waals surface area contributed by atoms with E-state index in [1.54, 1.807) is 6.07 Å². The van der Waals surface area contributed by atoms with Crippen molar-refractivity contribution in [1.29, 1.82) is 0 Å². The molecule has 0 spiro atoms. The number of hydrogen-bond donors (Lipinski definition) is 0. The quantitative estimate of drug-likeness (QED) is 0.853. The molecule has 5 nitrogen and oxygen atoms in total. The number of benzene rings is 1. The summed E-state index contributed by atoms with van der Waals surface area (Å²) in [6, 6.07) is 12.7. The highest BCUT2D eigenvalue weighted by Gasteiger charge is 2.26. The van der Waals surface area contributed by atoms with Gasteiger partial charge in [0.1, 0.15) is 5.76 Å². The molecule has 5 heteroatoms. The molecule has 1 amide bonds. The van der Waals surface area contributed by atoms with E-state index in [1.165, 1.54) is 5.56 Å². The Morgan fingerprint density at radius 3 is 2.68 bits per heavy atom. The Labute approximate surface area is 149 Å². The van der Waals surface area contributed by atoms with Gasteiger partial charge < -0.3 is 9.42 Å². The molecule has 2 aromatic rings. The van der Waals surface area contributed by atoms with E-state index in [9.17, 15) is 4.79 Å². The first-order valence-corrected chi connectivity index (χ1v) is 9.08. The molecule has 1 atom stereocenters. The van der Waals surface area contributed by atoms with E-state index in [4.69, 9.17) is 4.52 Å². The summed E-state index contributed by atoms with van der Waals surface area (Å²) < 4.78 is 5.28. The second-order valence-electron chi connectivity index (χ2n) is 7.16. The van der Waals surface area contributed by atoms with Gasteiger partial charge in [-0.2, -0.15) is 0 Å². The molecule has 0 N–H and O–H groups in total. The van der Waals surface area contributed by atoms with Crippen molar-refractivity contribution in [3.05, 3.63) is 53.4 Å². The zero-order valence-electron chi connectivity index (χ0n) is 15.3. The van der Waals surface area contributed by atoms with E-state index < -0.39 is 0 Å². The SMILES string of the molecule is CC(C)c1cc(C(=O)N2CCC(C)N(Cc3ccccc3)CC2)no1. The fraction of sp³-hybridized carbons (Fsp3) is 0.500. The minimum atomic E-state index is -0.0237. The molecule has 1 fully saturated rings. The molecular formula is C20H27N3O2. The van der Waals surface area contributed by atoms with Crippen LogP contribution in [-0.2, 0) is 6.54 Å². The van der Waals surface area contributed by atoms with E-state index in [0.29, 0.717) is 11.7 Å². The molecule has 0 aliphatic carbocycles. The smallest absolute Gasteiger partial charge is 0.276 e. The second kappa shape index (κ2) is 7.83. The fourth-order valence-corrected chi connectivity index (χ4v) is 3.19. The number of aromatic nitrogens is 1. The number of amides is 1. The van der Waals surface area contributed by atoms with Crippen LogP contribution in [0.4, 0.5) is 0 Å².